The highest BCUT2D eigenvalue weighted by atomic mass is 32.1. The molecular weight excluding hydrogens is 268 g/mol. The van der Waals surface area contributed by atoms with E-state index in [1.807, 2.05) is 12.1 Å². The molecule has 1 aromatic heterocycles. The van der Waals surface area contributed by atoms with Gasteiger partial charge in [-0.05, 0) is 42.6 Å². The van der Waals surface area contributed by atoms with Crippen molar-refractivity contribution < 1.29 is 4.74 Å². The van der Waals surface area contributed by atoms with E-state index in [4.69, 9.17) is 17.0 Å². The van der Waals surface area contributed by atoms with Crippen molar-refractivity contribution in [1.29, 1.82) is 0 Å². The minimum absolute atomic E-state index is 0.230. The molecule has 1 aromatic carbocycles. The third-order valence-electron chi connectivity index (χ3n) is 3.78. The van der Waals surface area contributed by atoms with Gasteiger partial charge < -0.3 is 14.3 Å². The number of para-hydroxylation sites is 1. The van der Waals surface area contributed by atoms with Gasteiger partial charge in [-0.15, -0.1) is 0 Å². The second-order valence-electron chi connectivity index (χ2n) is 6.03. The molecule has 0 bridgehead atoms. The van der Waals surface area contributed by atoms with Crippen molar-refractivity contribution in [2.75, 3.05) is 6.61 Å². The normalized spacial score (nSPS) is 12.0. The van der Waals surface area contributed by atoms with Gasteiger partial charge in [-0.2, -0.15) is 0 Å². The lowest BCUT2D eigenvalue weighted by Gasteiger charge is -2.23. The zero-order valence-electron chi connectivity index (χ0n) is 12.8. The zero-order chi connectivity index (χ0) is 14.8. The zero-order valence-corrected chi connectivity index (χ0v) is 13.6. The number of hydrogen-bond acceptors (Lipinski definition) is 2. The molecule has 0 unspecified atom stereocenters. The Bertz CT molecular complexity index is 639. The third kappa shape index (κ3) is 3.06. The van der Waals surface area contributed by atoms with Gasteiger partial charge in [0.15, 0.2) is 4.77 Å². The molecule has 1 heterocycles. The van der Waals surface area contributed by atoms with Gasteiger partial charge in [-0.3, -0.25) is 0 Å². The first kappa shape index (κ1) is 15.1. The molecule has 0 saturated heterocycles. The number of fused-ring (bicyclic) bond motifs is 1. The summed E-state index contributed by atoms with van der Waals surface area (Å²) in [6.07, 6.45) is 2.12. The predicted molar refractivity (Wildman–Crippen MR) is 87.0 cm³/mol. The number of aromatic amines is 1. The van der Waals surface area contributed by atoms with Gasteiger partial charge in [0.2, 0.25) is 0 Å². The second kappa shape index (κ2) is 6.00. The quantitative estimate of drug-likeness (QED) is 0.766. The minimum Gasteiger partial charge on any atom is -0.491 e. The van der Waals surface area contributed by atoms with E-state index in [9.17, 15) is 0 Å². The van der Waals surface area contributed by atoms with E-state index in [1.165, 1.54) is 0 Å². The highest BCUT2D eigenvalue weighted by molar-refractivity contribution is 7.71. The van der Waals surface area contributed by atoms with Gasteiger partial charge in [0.25, 0.3) is 0 Å². The summed E-state index contributed by atoms with van der Waals surface area (Å²) in [6, 6.07) is 6.14. The summed E-state index contributed by atoms with van der Waals surface area (Å²) < 4.78 is 8.76. The maximum Gasteiger partial charge on any atom is 0.178 e. The number of benzene rings is 1. The van der Waals surface area contributed by atoms with Crippen LogP contribution in [0.3, 0.4) is 0 Å². The van der Waals surface area contributed by atoms with Crippen LogP contribution in [0.1, 0.15) is 40.5 Å². The summed E-state index contributed by atoms with van der Waals surface area (Å²) in [7, 11) is 0. The number of nitrogens with zero attached hydrogens (tertiary/aromatic N) is 1. The molecule has 0 fully saturated rings. The highest BCUT2D eigenvalue weighted by Crippen LogP contribution is 2.29. The first-order valence-corrected chi connectivity index (χ1v) is 7.73. The lowest BCUT2D eigenvalue weighted by molar-refractivity contribution is 0.297. The van der Waals surface area contributed by atoms with Gasteiger partial charge in [0, 0.05) is 6.54 Å². The molecule has 2 aromatic rings. The lowest BCUT2D eigenvalue weighted by Crippen LogP contribution is -2.18. The summed E-state index contributed by atoms with van der Waals surface area (Å²) in [4.78, 5) is 3.30. The van der Waals surface area contributed by atoms with E-state index in [2.05, 4.69) is 43.3 Å². The first-order chi connectivity index (χ1) is 9.48. The largest absolute Gasteiger partial charge is 0.491 e. The van der Waals surface area contributed by atoms with Crippen LogP contribution in [-0.2, 0) is 6.54 Å². The van der Waals surface area contributed by atoms with Crippen LogP contribution in [0.25, 0.3) is 11.0 Å². The molecule has 20 heavy (non-hydrogen) atoms. The van der Waals surface area contributed by atoms with Crippen molar-refractivity contribution in [3.63, 3.8) is 0 Å². The molecule has 0 aliphatic heterocycles. The molecule has 0 saturated carbocycles. The number of imidazole rings is 1. The minimum atomic E-state index is 0.230. The molecule has 0 atom stereocenters. The summed E-state index contributed by atoms with van der Waals surface area (Å²) in [5, 5.41) is 0. The van der Waals surface area contributed by atoms with E-state index < -0.39 is 0 Å². The van der Waals surface area contributed by atoms with E-state index >= 15 is 0 Å². The average molecular weight is 292 g/mol. The maximum absolute atomic E-state index is 5.80. The standard InChI is InChI=1S/C16H24N2OS/c1-5-10-19-13-9-7-8-12-14(13)17-15(20)18(12)11-16(3,4)6-2/h7-9H,5-6,10-11H2,1-4H3,(H,17,20). The molecule has 2 rings (SSSR count). The van der Waals surface area contributed by atoms with Gasteiger partial charge >= 0.3 is 0 Å². The third-order valence-corrected chi connectivity index (χ3v) is 4.10. The topological polar surface area (TPSA) is 29.9 Å². The van der Waals surface area contributed by atoms with Crippen LogP contribution in [0.4, 0.5) is 0 Å². The fraction of sp³-hybridized carbons (Fsp3) is 0.562. The van der Waals surface area contributed by atoms with E-state index in [1.54, 1.807) is 0 Å². The highest BCUT2D eigenvalue weighted by Gasteiger charge is 2.19. The Morgan fingerprint density at radius 1 is 1.30 bits per heavy atom. The van der Waals surface area contributed by atoms with Crippen molar-refractivity contribution >= 4 is 23.3 Å². The Labute approximate surface area is 126 Å². The van der Waals surface area contributed by atoms with Crippen LogP contribution in [0.2, 0.25) is 0 Å². The van der Waals surface area contributed by atoms with Crippen molar-refractivity contribution in [1.82, 2.24) is 9.55 Å². The maximum atomic E-state index is 5.80. The van der Waals surface area contributed by atoms with Gasteiger partial charge in [0.05, 0.1) is 12.1 Å². The number of rotatable bonds is 6. The molecule has 0 amide bonds. The number of nitrogens with one attached hydrogen (secondary N) is 1. The molecule has 0 radical (unpaired) electrons. The Balaban J connectivity index is 2.47. The number of ether oxygens (including phenoxy) is 1. The van der Waals surface area contributed by atoms with Crippen molar-refractivity contribution in [2.24, 2.45) is 5.41 Å². The monoisotopic (exact) mass is 292 g/mol. The van der Waals surface area contributed by atoms with Gasteiger partial charge in [-0.25, -0.2) is 0 Å². The van der Waals surface area contributed by atoms with Crippen LogP contribution < -0.4 is 4.74 Å². The summed E-state index contributed by atoms with van der Waals surface area (Å²) in [5.74, 6) is 0.892. The van der Waals surface area contributed by atoms with E-state index in [-0.39, 0.29) is 5.41 Å². The molecule has 3 nitrogen and oxygen atoms in total. The fourth-order valence-electron chi connectivity index (χ4n) is 2.18. The van der Waals surface area contributed by atoms with Crippen LogP contribution >= 0.6 is 12.2 Å². The predicted octanol–water partition coefficient (Wildman–Crippen LogP) is 4.92. The lowest BCUT2D eigenvalue weighted by atomic mass is 9.90. The summed E-state index contributed by atoms with van der Waals surface area (Å²) in [5.41, 5.74) is 2.37. The van der Waals surface area contributed by atoms with Crippen molar-refractivity contribution in [3.05, 3.63) is 23.0 Å². The van der Waals surface area contributed by atoms with E-state index in [0.29, 0.717) is 0 Å². The van der Waals surface area contributed by atoms with Crippen LogP contribution in [0.5, 0.6) is 5.75 Å². The van der Waals surface area contributed by atoms with Crippen LogP contribution in [-0.4, -0.2) is 16.2 Å². The Morgan fingerprint density at radius 3 is 2.70 bits per heavy atom. The number of hydrogen-bond donors (Lipinski definition) is 1. The second-order valence-corrected chi connectivity index (χ2v) is 6.42. The van der Waals surface area contributed by atoms with Gasteiger partial charge in [-0.1, -0.05) is 33.8 Å². The fourth-order valence-corrected chi connectivity index (χ4v) is 2.45. The molecule has 110 valence electrons. The Kier molecular flexibility index (Phi) is 4.53. The molecule has 1 N–H and O–H groups in total. The first-order valence-electron chi connectivity index (χ1n) is 7.33. The number of aromatic nitrogens is 2. The van der Waals surface area contributed by atoms with Crippen LogP contribution in [0, 0.1) is 10.2 Å². The van der Waals surface area contributed by atoms with Crippen molar-refractivity contribution in [3.8, 4) is 5.75 Å². The van der Waals surface area contributed by atoms with E-state index in [0.717, 1.165) is 47.5 Å². The average Bonchev–Trinajstić information content (AvgIpc) is 2.73. The Hall–Kier alpha value is -1.29. The Morgan fingerprint density at radius 2 is 2.05 bits per heavy atom. The number of H-pyrrole nitrogens is 1. The smallest absolute Gasteiger partial charge is 0.178 e. The molecule has 0 aliphatic carbocycles. The molecular formula is C16H24N2OS. The summed E-state index contributed by atoms with van der Waals surface area (Å²) in [6.45, 7) is 10.5. The molecule has 0 aliphatic rings. The van der Waals surface area contributed by atoms with Crippen LogP contribution in [0.15, 0.2) is 18.2 Å². The molecule has 4 heteroatoms. The SMILES string of the molecule is CCCOc1cccc2c1[nH]c(=S)n2CC(C)(C)CC. The van der Waals surface area contributed by atoms with Gasteiger partial charge in [0.1, 0.15) is 11.3 Å². The summed E-state index contributed by atoms with van der Waals surface area (Å²) >= 11 is 5.49. The molecule has 0 spiro atoms. The van der Waals surface area contributed by atoms with Crippen molar-refractivity contribution in [2.45, 2.75) is 47.1 Å².